The van der Waals surface area contributed by atoms with Crippen molar-refractivity contribution in [3.05, 3.63) is 67.5 Å². The summed E-state index contributed by atoms with van der Waals surface area (Å²) in [7, 11) is 0. The van der Waals surface area contributed by atoms with Crippen LogP contribution in [0.3, 0.4) is 0 Å². The normalized spacial score (nSPS) is 14.9. The van der Waals surface area contributed by atoms with Gasteiger partial charge in [-0.15, -0.1) is 0 Å². The lowest BCUT2D eigenvalue weighted by Gasteiger charge is -2.11. The highest BCUT2D eigenvalue weighted by Crippen LogP contribution is 2.36. The van der Waals surface area contributed by atoms with Gasteiger partial charge in [0.2, 0.25) is 5.91 Å². The summed E-state index contributed by atoms with van der Waals surface area (Å²) in [6, 6.07) is 10.5. The van der Waals surface area contributed by atoms with Crippen LogP contribution in [0.15, 0.2) is 46.3 Å². The molecule has 0 fully saturated rings. The maximum absolute atomic E-state index is 12.0. The van der Waals surface area contributed by atoms with Gasteiger partial charge in [-0.2, -0.15) is 4.99 Å². The molecule has 1 aliphatic heterocycles. The van der Waals surface area contributed by atoms with E-state index in [1.807, 2.05) is 12.1 Å². The van der Waals surface area contributed by atoms with E-state index in [1.165, 1.54) is 6.92 Å². The molecule has 0 bridgehead atoms. The van der Waals surface area contributed by atoms with Crippen LogP contribution in [-0.4, -0.2) is 17.0 Å². The van der Waals surface area contributed by atoms with Crippen LogP contribution >= 0.6 is 46.6 Å². The molecule has 0 unspecified atom stereocenters. The molecule has 2 aromatic carbocycles. The van der Waals surface area contributed by atoms with Crippen molar-refractivity contribution in [1.29, 1.82) is 0 Å². The molecule has 1 heterocycles. The Bertz CT molecular complexity index is 981. The minimum absolute atomic E-state index is 0.240. The smallest absolute Gasteiger partial charge is 0.286 e. The molecule has 3 rings (SSSR count). The number of carbonyl (C=O) groups is 2. The van der Waals surface area contributed by atoms with E-state index in [-0.39, 0.29) is 17.7 Å². The third kappa shape index (κ3) is 5.29. The first-order valence-corrected chi connectivity index (χ1v) is 9.93. The number of ether oxygens (including phenoxy) is 1. The van der Waals surface area contributed by atoms with E-state index >= 15 is 0 Å². The molecule has 0 aliphatic carbocycles. The third-order valence-electron chi connectivity index (χ3n) is 3.52. The summed E-state index contributed by atoms with van der Waals surface area (Å²) in [5.41, 5.74) is 1.53. The van der Waals surface area contributed by atoms with Crippen LogP contribution in [0.5, 0.6) is 5.75 Å². The number of halogens is 3. The number of hydrogen-bond acceptors (Lipinski definition) is 4. The van der Waals surface area contributed by atoms with Gasteiger partial charge in [0.1, 0.15) is 6.61 Å². The predicted molar refractivity (Wildman–Crippen MR) is 114 cm³/mol. The van der Waals surface area contributed by atoms with Gasteiger partial charge in [-0.25, -0.2) is 0 Å². The molecule has 2 amide bonds. The first-order chi connectivity index (χ1) is 13.3. The molecule has 9 heteroatoms. The zero-order valence-corrected chi connectivity index (χ0v) is 17.5. The van der Waals surface area contributed by atoms with Crippen LogP contribution in [0.4, 0.5) is 0 Å². The number of benzene rings is 2. The van der Waals surface area contributed by atoms with Crippen molar-refractivity contribution in [2.45, 2.75) is 13.5 Å². The van der Waals surface area contributed by atoms with Gasteiger partial charge in [-0.3, -0.25) is 9.59 Å². The number of amidine groups is 1. The Kier molecular flexibility index (Phi) is 6.67. The van der Waals surface area contributed by atoms with E-state index in [4.69, 9.17) is 39.5 Å². The van der Waals surface area contributed by atoms with E-state index in [0.29, 0.717) is 31.3 Å². The number of carbonyl (C=O) groups excluding carboxylic acids is 2. The number of amides is 2. The molecule has 0 aromatic heterocycles. The lowest BCUT2D eigenvalue weighted by atomic mass is 10.2. The maximum atomic E-state index is 12.0. The molecular weight excluding hydrogens is 443 g/mol. The topological polar surface area (TPSA) is 67.8 Å². The van der Waals surface area contributed by atoms with Gasteiger partial charge in [0.25, 0.3) is 5.91 Å². The largest absolute Gasteiger partial charge is 0.486 e. The first-order valence-electron chi connectivity index (χ1n) is 7.98. The van der Waals surface area contributed by atoms with Crippen LogP contribution in [-0.2, 0) is 16.2 Å². The Balaban J connectivity index is 1.74. The van der Waals surface area contributed by atoms with Gasteiger partial charge in [-0.1, -0.05) is 46.9 Å². The molecular formula is C19H13Cl3N2O3S. The Morgan fingerprint density at radius 3 is 2.43 bits per heavy atom. The summed E-state index contributed by atoms with van der Waals surface area (Å²) >= 11 is 19.6. The summed E-state index contributed by atoms with van der Waals surface area (Å²) in [5.74, 6) is -0.390. The highest BCUT2D eigenvalue weighted by molar-refractivity contribution is 8.18. The third-order valence-corrected chi connectivity index (χ3v) is 5.23. The molecule has 0 spiro atoms. The average molecular weight is 456 g/mol. The van der Waals surface area contributed by atoms with Crippen molar-refractivity contribution < 1.29 is 14.3 Å². The molecule has 0 atom stereocenters. The van der Waals surface area contributed by atoms with Crippen molar-refractivity contribution >= 4 is 69.6 Å². The Hall–Kier alpha value is -1.99. The van der Waals surface area contributed by atoms with E-state index in [2.05, 4.69) is 10.3 Å². The maximum Gasteiger partial charge on any atom is 0.286 e. The zero-order valence-electron chi connectivity index (χ0n) is 14.5. The predicted octanol–water partition coefficient (Wildman–Crippen LogP) is 5.33. The summed E-state index contributed by atoms with van der Waals surface area (Å²) in [5, 5.41) is 3.99. The molecule has 2 aromatic rings. The molecule has 0 saturated heterocycles. The van der Waals surface area contributed by atoms with Gasteiger partial charge in [0.05, 0.1) is 15.0 Å². The molecule has 28 heavy (non-hydrogen) atoms. The van der Waals surface area contributed by atoms with Gasteiger partial charge in [-0.05, 0) is 53.2 Å². The summed E-state index contributed by atoms with van der Waals surface area (Å²) < 4.78 is 5.73. The van der Waals surface area contributed by atoms with E-state index in [1.54, 1.807) is 30.3 Å². The number of rotatable bonds is 4. The second-order valence-corrected chi connectivity index (χ2v) is 8.02. The van der Waals surface area contributed by atoms with E-state index in [9.17, 15) is 9.59 Å². The fourth-order valence-corrected chi connectivity index (χ4v) is 3.90. The number of nitrogens with zero attached hydrogens (tertiary/aromatic N) is 1. The standard InChI is InChI=1S/C19H13Cl3N2O3S/c1-10(25)23-19-24-18(26)16(28-19)8-12-6-14(21)17(15(22)7-12)27-9-11-2-4-13(20)5-3-11/h2-8H,9H2,1H3,(H,23,24,25,26)/b16-8+. The molecule has 144 valence electrons. The molecule has 1 N–H and O–H groups in total. The molecule has 5 nitrogen and oxygen atoms in total. The second kappa shape index (κ2) is 9.01. The number of hydrogen-bond donors (Lipinski definition) is 1. The van der Waals surface area contributed by atoms with Crippen molar-refractivity contribution in [2.24, 2.45) is 4.99 Å². The molecule has 0 saturated carbocycles. The Morgan fingerprint density at radius 1 is 1.18 bits per heavy atom. The van der Waals surface area contributed by atoms with Crippen molar-refractivity contribution in [2.75, 3.05) is 0 Å². The SMILES string of the molecule is CC(=O)NC1=NC(=O)/C(=C\c2cc(Cl)c(OCc3ccc(Cl)cc3)c(Cl)c2)S1. The molecule has 0 radical (unpaired) electrons. The lowest BCUT2D eigenvalue weighted by Crippen LogP contribution is -2.23. The van der Waals surface area contributed by atoms with Gasteiger partial charge >= 0.3 is 0 Å². The highest BCUT2D eigenvalue weighted by atomic mass is 35.5. The van der Waals surface area contributed by atoms with Crippen LogP contribution in [0.1, 0.15) is 18.1 Å². The Morgan fingerprint density at radius 2 is 1.82 bits per heavy atom. The summed E-state index contributed by atoms with van der Waals surface area (Å²) in [6.07, 6.45) is 1.60. The van der Waals surface area contributed by atoms with Crippen LogP contribution < -0.4 is 10.1 Å². The minimum Gasteiger partial charge on any atom is -0.486 e. The van der Waals surface area contributed by atoms with E-state index in [0.717, 1.165) is 17.3 Å². The zero-order chi connectivity index (χ0) is 20.3. The monoisotopic (exact) mass is 454 g/mol. The van der Waals surface area contributed by atoms with E-state index < -0.39 is 5.91 Å². The average Bonchev–Trinajstić information content (AvgIpc) is 2.94. The van der Waals surface area contributed by atoms with Crippen LogP contribution in [0.25, 0.3) is 6.08 Å². The fraction of sp³-hybridized carbons (Fsp3) is 0.105. The highest BCUT2D eigenvalue weighted by Gasteiger charge is 2.22. The van der Waals surface area contributed by atoms with Gasteiger partial charge in [0.15, 0.2) is 10.9 Å². The van der Waals surface area contributed by atoms with Crippen molar-refractivity contribution in [3.8, 4) is 5.75 Å². The van der Waals surface area contributed by atoms with Crippen molar-refractivity contribution in [1.82, 2.24) is 5.32 Å². The van der Waals surface area contributed by atoms with Crippen LogP contribution in [0.2, 0.25) is 15.1 Å². The number of aliphatic imine (C=N–C) groups is 1. The van der Waals surface area contributed by atoms with Gasteiger partial charge in [0, 0.05) is 11.9 Å². The van der Waals surface area contributed by atoms with Gasteiger partial charge < -0.3 is 10.1 Å². The number of thioether (sulfide) groups is 1. The minimum atomic E-state index is -0.441. The first kappa shape index (κ1) is 20.7. The quantitative estimate of drug-likeness (QED) is 0.633. The lowest BCUT2D eigenvalue weighted by molar-refractivity contribution is -0.117. The second-order valence-electron chi connectivity index (χ2n) is 5.74. The summed E-state index contributed by atoms with van der Waals surface area (Å²) in [6.45, 7) is 1.62. The Labute approximate surface area is 180 Å². The van der Waals surface area contributed by atoms with Crippen LogP contribution in [0, 0.1) is 0 Å². The number of nitrogens with one attached hydrogen (secondary N) is 1. The van der Waals surface area contributed by atoms with Crippen molar-refractivity contribution in [3.63, 3.8) is 0 Å². The fourth-order valence-electron chi connectivity index (χ4n) is 2.30. The molecule has 1 aliphatic rings. The summed E-state index contributed by atoms with van der Waals surface area (Å²) in [4.78, 5) is 27.2.